The van der Waals surface area contributed by atoms with Gasteiger partial charge in [0.05, 0.1) is 0 Å². The second kappa shape index (κ2) is 9.05. The van der Waals surface area contributed by atoms with Gasteiger partial charge in [0.15, 0.2) is 0 Å². The third-order valence-corrected chi connectivity index (χ3v) is 0. The summed E-state index contributed by atoms with van der Waals surface area (Å²) in [6, 6.07) is 0. The first kappa shape index (κ1) is 23.4. The maximum absolute atomic E-state index is 8.74. The molecule has 0 fully saturated rings. The minimum atomic E-state index is -5.39. The van der Waals surface area contributed by atoms with Crippen LogP contribution < -0.4 is 44.2 Å². The first-order valence-electron chi connectivity index (χ1n) is 1.43. The van der Waals surface area contributed by atoms with Gasteiger partial charge in [-0.2, -0.15) is 16.2 Å². The zero-order chi connectivity index (χ0) is 9.00. The molecule has 0 radical (unpaired) electrons. The van der Waals surface area contributed by atoms with Gasteiger partial charge in [0, 0.05) is 0 Å². The van der Waals surface area contributed by atoms with Crippen LogP contribution >= 0.6 is 7.82 Å². The zero-order valence-corrected chi connectivity index (χ0v) is 10.2. The Balaban J connectivity index is -0.0000000457. The van der Waals surface area contributed by atoms with E-state index in [1.807, 2.05) is 0 Å². The Hall–Kier alpha value is 1.47. The van der Waals surface area contributed by atoms with Crippen molar-refractivity contribution in [3.63, 3.8) is 0 Å². The second-order valence-corrected chi connectivity index (χ2v) is 2.69. The molecule has 0 rings (SSSR count). The van der Waals surface area contributed by atoms with Gasteiger partial charge in [0.25, 0.3) is 0 Å². The van der Waals surface area contributed by atoms with E-state index in [1.165, 1.54) is 0 Å². The summed E-state index contributed by atoms with van der Waals surface area (Å²) in [6.45, 7) is 0. The van der Waals surface area contributed by atoms with Crippen molar-refractivity contribution in [1.29, 1.82) is 0 Å². The maximum Gasteiger partial charge on any atom is 2.00 e. The Bertz CT molecular complexity index is 197. The van der Waals surface area contributed by atoms with E-state index in [0.29, 0.717) is 0 Å². The summed E-state index contributed by atoms with van der Waals surface area (Å²) in [5, 5.41) is 0. The smallest absolute Gasteiger partial charge is 0.822 e. The molecule has 0 aromatic heterocycles. The molecule has 0 heterocycles. The van der Waals surface area contributed by atoms with Crippen LogP contribution in [0.25, 0.3) is 0 Å². The molecule has 2 N–H and O–H groups in total. The molecule has 72 valence electrons. The molecule has 0 spiro atoms. The minimum absolute atomic E-state index is 0. The number of hydrogen-bond acceptors (Lipinski definition) is 6. The second-order valence-electron chi connectivity index (χ2n) is 0.895. The predicted octanol–water partition coefficient (Wildman–Crippen LogP) is -6.48. The summed E-state index contributed by atoms with van der Waals surface area (Å²) in [7, 11) is -10.1. The summed E-state index contributed by atoms with van der Waals surface area (Å²) in [4.78, 5) is 25.6. The molecule has 0 aromatic rings. The van der Waals surface area contributed by atoms with Crippen molar-refractivity contribution in [3.05, 3.63) is 0 Å². The molecule has 12 heavy (non-hydrogen) atoms. The largest absolute Gasteiger partial charge is 2.00 e. The van der Waals surface area contributed by atoms with Gasteiger partial charge in [-0.15, -0.1) is 0 Å². The molecule has 0 bridgehead atoms. The van der Waals surface area contributed by atoms with Crippen LogP contribution in [0.4, 0.5) is 0 Å². The maximum atomic E-state index is 8.74. The molecule has 0 unspecified atom stereocenters. The normalized spacial score (nSPS) is 9.75. The quantitative estimate of drug-likeness (QED) is 0.250. The van der Waals surface area contributed by atoms with Gasteiger partial charge in [-0.05, 0) is 0 Å². The summed E-state index contributed by atoms with van der Waals surface area (Å²) in [5.74, 6) is 0. The number of hydrogen-bond donors (Lipinski definition) is 2. The molecular weight excluding hydrogens is 273 g/mol. The molecule has 0 saturated carbocycles. The van der Waals surface area contributed by atoms with Crippen LogP contribution in [0.1, 0.15) is 0 Å². The van der Waals surface area contributed by atoms with Gasteiger partial charge >= 0.3 is 56.4 Å². The molecule has 0 aromatic carbocycles. The molecule has 0 amide bonds. The predicted molar refractivity (Wildman–Crippen MR) is 21.8 cm³/mol. The first-order chi connectivity index (χ1) is 4.00. The van der Waals surface area contributed by atoms with Gasteiger partial charge in [-0.1, -0.05) is 0 Å². The average molecular weight is 275 g/mol. The zero-order valence-electron chi connectivity index (χ0n) is 5.52. The van der Waals surface area contributed by atoms with E-state index in [9.17, 15) is 0 Å². The topological polar surface area (TPSA) is 161 Å². The fourth-order valence-electron chi connectivity index (χ4n) is 0. The molecule has 12 heteroatoms. The summed E-state index contributed by atoms with van der Waals surface area (Å²) in [5.41, 5.74) is 0. The molecule has 0 aliphatic rings. The van der Waals surface area contributed by atoms with Gasteiger partial charge in [0.1, 0.15) is 0 Å². The molecule has 0 aliphatic carbocycles. The van der Waals surface area contributed by atoms with E-state index >= 15 is 0 Å². The summed E-state index contributed by atoms with van der Waals surface area (Å²) < 4.78 is 40.1. The van der Waals surface area contributed by atoms with Crippen molar-refractivity contribution in [1.82, 2.24) is 0 Å². The average Bonchev–Trinajstić information content (AvgIpc) is 1.12. The van der Waals surface area contributed by atoms with E-state index in [1.54, 1.807) is 0 Å². The third-order valence-electron chi connectivity index (χ3n) is 0. The van der Waals surface area contributed by atoms with Gasteiger partial charge < -0.3 is 19.2 Å². The van der Waals surface area contributed by atoms with E-state index in [-0.39, 0.29) is 46.0 Å². The van der Waals surface area contributed by atoms with Crippen molar-refractivity contribution in [2.75, 3.05) is 0 Å². The molecule has 0 atom stereocenters. The van der Waals surface area contributed by atoms with Gasteiger partial charge in [-0.3, -0.25) is 9.11 Å². The van der Waals surface area contributed by atoms with Crippen LogP contribution in [0.2, 0.25) is 0 Å². The van der Waals surface area contributed by atoms with Gasteiger partial charge in [-0.25, -0.2) is 0 Å². The van der Waals surface area contributed by atoms with Crippen LogP contribution in [0.3, 0.4) is 0 Å². The Morgan fingerprint density at radius 3 is 1.08 bits per heavy atom. The summed E-state index contributed by atoms with van der Waals surface area (Å²) in [6.07, 6.45) is 0. The third kappa shape index (κ3) is 580. The van der Waals surface area contributed by atoms with E-state index in [4.69, 9.17) is 36.8 Å². The Morgan fingerprint density at radius 1 is 1.08 bits per heavy atom. The van der Waals surface area contributed by atoms with E-state index in [2.05, 4.69) is 0 Å². The first-order valence-corrected chi connectivity index (χ1v) is 4.29. The molecule has 0 saturated heterocycles. The van der Waals surface area contributed by atoms with E-state index < -0.39 is 18.2 Å². The van der Waals surface area contributed by atoms with E-state index in [0.717, 1.165) is 0 Å². The standard InChI is InChI=1S/Na.Ni.H3O4P.H2O4S/c;;2*1-5(2,3)4/h;;(H3,1,2,3,4);(H2,1,2,3,4)/q+1;+2;;/p-3. The Morgan fingerprint density at radius 2 is 1.08 bits per heavy atom. The minimum Gasteiger partial charge on any atom is -0.822 e. The van der Waals surface area contributed by atoms with Crippen molar-refractivity contribution in [2.24, 2.45) is 0 Å². The molecule has 8 nitrogen and oxygen atoms in total. The van der Waals surface area contributed by atoms with Crippen molar-refractivity contribution in [2.45, 2.75) is 0 Å². The molecular formula is H2NaNiO8PS. The SMILES string of the molecule is O=P([O-])([O-])[O-].O=S(=O)(O)O.[Na+].[Ni+2]. The van der Waals surface area contributed by atoms with Gasteiger partial charge in [0.2, 0.25) is 0 Å². The fraction of sp³-hybridized carbons (Fsp3) is 0. The Kier molecular flexibility index (Phi) is 17.6. The molecule has 0 aliphatic heterocycles. The van der Waals surface area contributed by atoms with Crippen LogP contribution in [0.5, 0.6) is 0 Å². The van der Waals surface area contributed by atoms with Crippen molar-refractivity contribution in [3.8, 4) is 0 Å². The van der Waals surface area contributed by atoms with Crippen LogP contribution in [0, 0.1) is 0 Å². The van der Waals surface area contributed by atoms with Crippen LogP contribution in [-0.2, 0) is 31.5 Å². The number of phosphoric acid groups is 1. The van der Waals surface area contributed by atoms with Crippen molar-refractivity contribution < 1.29 is 82.8 Å². The fourth-order valence-corrected chi connectivity index (χ4v) is 0. The number of rotatable bonds is 0. The Labute approximate surface area is 100 Å². The van der Waals surface area contributed by atoms with Crippen molar-refractivity contribution >= 4 is 18.2 Å². The van der Waals surface area contributed by atoms with Crippen LogP contribution in [-0.4, -0.2) is 17.5 Å². The monoisotopic (exact) mass is 274 g/mol. The summed E-state index contributed by atoms with van der Waals surface area (Å²) >= 11 is 0. The van der Waals surface area contributed by atoms with Crippen LogP contribution in [0.15, 0.2) is 0 Å².